The first-order valence-corrected chi connectivity index (χ1v) is 10.6. The van der Waals surface area contributed by atoms with Crippen LogP contribution in [0.3, 0.4) is 0 Å². The van der Waals surface area contributed by atoms with E-state index in [2.05, 4.69) is 14.9 Å². The lowest BCUT2D eigenvalue weighted by Crippen LogP contribution is -2.33. The highest BCUT2D eigenvalue weighted by Gasteiger charge is 2.29. The summed E-state index contributed by atoms with van der Waals surface area (Å²) < 4.78 is 37.5. The molecule has 1 unspecified atom stereocenters. The summed E-state index contributed by atoms with van der Waals surface area (Å²) in [4.78, 5) is 10.1. The Morgan fingerprint density at radius 2 is 1.96 bits per heavy atom. The highest BCUT2D eigenvalue weighted by atomic mass is 32.2. The van der Waals surface area contributed by atoms with Crippen LogP contribution in [0, 0.1) is 5.82 Å². The molecule has 140 valence electrons. The van der Waals surface area contributed by atoms with Gasteiger partial charge < -0.3 is 4.90 Å². The van der Waals surface area contributed by atoms with Crippen molar-refractivity contribution in [1.29, 1.82) is 0 Å². The Hall–Kier alpha value is -2.02. The van der Waals surface area contributed by atoms with Crippen molar-refractivity contribution < 1.29 is 12.8 Å². The van der Waals surface area contributed by atoms with E-state index in [0.717, 1.165) is 25.9 Å². The Labute approximate surface area is 154 Å². The minimum Gasteiger partial charge on any atom is -0.378 e. The molecule has 7 heteroatoms. The summed E-state index contributed by atoms with van der Waals surface area (Å²) >= 11 is 0. The SMILES string of the molecule is CC1(CS(=O)(=O)CC=CN2CCC(c3ccc(F)cc3)CC2)C=NC=N1. The van der Waals surface area contributed by atoms with Crippen LogP contribution in [-0.4, -0.2) is 56.0 Å². The molecule has 1 aromatic carbocycles. The van der Waals surface area contributed by atoms with E-state index in [0.29, 0.717) is 5.92 Å². The van der Waals surface area contributed by atoms with Crippen LogP contribution in [0.1, 0.15) is 31.2 Å². The fraction of sp³-hybridized carbons (Fsp3) is 0.474. The second-order valence-corrected chi connectivity index (χ2v) is 9.29. The van der Waals surface area contributed by atoms with Gasteiger partial charge in [0.25, 0.3) is 0 Å². The lowest BCUT2D eigenvalue weighted by atomic mass is 9.89. The normalized spacial score (nSPS) is 24.0. The minimum atomic E-state index is -3.24. The molecule has 1 aromatic rings. The van der Waals surface area contributed by atoms with E-state index in [4.69, 9.17) is 0 Å². The standard InChI is InChI=1S/C19H24FN3O2S/c1-19(13-21-15-22-19)14-26(24,25)12-2-9-23-10-7-17(8-11-23)16-3-5-18(20)6-4-16/h2-6,9,13,15,17H,7-8,10-12,14H2,1H3. The first kappa shape index (κ1) is 18.8. The Morgan fingerprint density at radius 3 is 2.58 bits per heavy atom. The molecular formula is C19H24FN3O2S. The second-order valence-electron chi connectivity index (χ2n) is 7.18. The third kappa shape index (κ3) is 5.00. The summed E-state index contributed by atoms with van der Waals surface area (Å²) in [7, 11) is -3.24. The first-order chi connectivity index (χ1) is 12.4. The van der Waals surface area contributed by atoms with Crippen molar-refractivity contribution in [3.63, 3.8) is 0 Å². The number of benzene rings is 1. The second kappa shape index (κ2) is 7.70. The number of likely N-dealkylation sites (tertiary alicyclic amines) is 1. The molecule has 0 N–H and O–H groups in total. The van der Waals surface area contributed by atoms with Gasteiger partial charge in [0.1, 0.15) is 17.7 Å². The zero-order valence-corrected chi connectivity index (χ0v) is 15.7. The quantitative estimate of drug-likeness (QED) is 0.766. The van der Waals surface area contributed by atoms with Gasteiger partial charge in [-0.05, 0) is 49.6 Å². The van der Waals surface area contributed by atoms with Crippen LogP contribution in [-0.2, 0) is 9.84 Å². The lowest BCUT2D eigenvalue weighted by Gasteiger charge is -2.31. The zero-order valence-electron chi connectivity index (χ0n) is 14.9. The molecule has 5 nitrogen and oxygen atoms in total. The average molecular weight is 377 g/mol. The van der Waals surface area contributed by atoms with Crippen LogP contribution in [0.4, 0.5) is 4.39 Å². The summed E-state index contributed by atoms with van der Waals surface area (Å²) in [6, 6.07) is 6.72. The molecule has 26 heavy (non-hydrogen) atoms. The van der Waals surface area contributed by atoms with Crippen molar-refractivity contribution in [2.24, 2.45) is 9.98 Å². The molecule has 1 saturated heterocycles. The molecule has 0 aromatic heterocycles. The van der Waals surface area contributed by atoms with E-state index < -0.39 is 15.4 Å². The molecule has 1 fully saturated rings. The van der Waals surface area contributed by atoms with E-state index in [1.54, 1.807) is 19.2 Å². The van der Waals surface area contributed by atoms with Gasteiger partial charge in [0.15, 0.2) is 9.84 Å². The Balaban J connectivity index is 1.47. The third-order valence-corrected chi connectivity index (χ3v) is 6.55. The number of sulfone groups is 1. The van der Waals surface area contributed by atoms with Crippen LogP contribution in [0.15, 0.2) is 46.5 Å². The summed E-state index contributed by atoms with van der Waals surface area (Å²) in [6.45, 7) is 3.50. The predicted octanol–water partition coefficient (Wildman–Crippen LogP) is 2.81. The van der Waals surface area contributed by atoms with Gasteiger partial charge in [-0.2, -0.15) is 0 Å². The van der Waals surface area contributed by atoms with Crippen molar-refractivity contribution in [2.75, 3.05) is 24.6 Å². The smallest absolute Gasteiger partial charge is 0.156 e. The van der Waals surface area contributed by atoms with Gasteiger partial charge >= 0.3 is 0 Å². The lowest BCUT2D eigenvalue weighted by molar-refractivity contribution is 0.284. The molecule has 1 atom stereocenters. The van der Waals surface area contributed by atoms with Crippen LogP contribution in [0.25, 0.3) is 0 Å². The Morgan fingerprint density at radius 1 is 1.27 bits per heavy atom. The van der Waals surface area contributed by atoms with Gasteiger partial charge in [-0.3, -0.25) is 4.99 Å². The van der Waals surface area contributed by atoms with Gasteiger partial charge in [0.05, 0.1) is 11.5 Å². The average Bonchev–Trinajstić information content (AvgIpc) is 3.01. The van der Waals surface area contributed by atoms with Gasteiger partial charge in [0.2, 0.25) is 0 Å². The highest BCUT2D eigenvalue weighted by Crippen LogP contribution is 2.28. The highest BCUT2D eigenvalue weighted by molar-refractivity contribution is 7.91. The van der Waals surface area contributed by atoms with Gasteiger partial charge in [-0.15, -0.1) is 0 Å². The number of hydrogen-bond donors (Lipinski definition) is 0. The third-order valence-electron chi connectivity index (χ3n) is 4.82. The molecule has 2 heterocycles. The van der Waals surface area contributed by atoms with Crippen molar-refractivity contribution >= 4 is 22.4 Å². The maximum atomic E-state index is 13.0. The van der Waals surface area contributed by atoms with Crippen LogP contribution in [0.5, 0.6) is 0 Å². The molecule has 0 radical (unpaired) electrons. The fourth-order valence-electron chi connectivity index (χ4n) is 3.43. The molecule has 3 rings (SSSR count). The van der Waals surface area contributed by atoms with Crippen LogP contribution < -0.4 is 0 Å². The molecule has 0 amide bonds. The van der Waals surface area contributed by atoms with E-state index in [9.17, 15) is 12.8 Å². The monoisotopic (exact) mass is 377 g/mol. The van der Waals surface area contributed by atoms with E-state index in [-0.39, 0.29) is 17.3 Å². The van der Waals surface area contributed by atoms with Crippen molar-refractivity contribution in [3.05, 3.63) is 47.9 Å². The van der Waals surface area contributed by atoms with E-state index >= 15 is 0 Å². The number of halogens is 1. The minimum absolute atomic E-state index is 0.00381. The molecule has 0 bridgehead atoms. The molecule has 0 saturated carbocycles. The van der Waals surface area contributed by atoms with E-state index in [1.807, 2.05) is 18.3 Å². The topological polar surface area (TPSA) is 62.1 Å². The fourth-order valence-corrected chi connectivity index (χ4v) is 4.96. The molecule has 2 aliphatic rings. The maximum Gasteiger partial charge on any atom is 0.156 e. The first-order valence-electron chi connectivity index (χ1n) is 8.80. The summed E-state index contributed by atoms with van der Waals surface area (Å²) in [5, 5.41) is 0. The number of hydrogen-bond acceptors (Lipinski definition) is 5. The molecule has 0 spiro atoms. The van der Waals surface area contributed by atoms with Crippen LogP contribution in [0.2, 0.25) is 0 Å². The maximum absolute atomic E-state index is 13.0. The summed E-state index contributed by atoms with van der Waals surface area (Å²) in [6.07, 6.45) is 8.53. The number of rotatable bonds is 6. The number of aliphatic imine (C=N–C) groups is 2. The van der Waals surface area contributed by atoms with Gasteiger partial charge in [-0.1, -0.05) is 18.2 Å². The van der Waals surface area contributed by atoms with Gasteiger partial charge in [0, 0.05) is 19.3 Å². The Kier molecular flexibility index (Phi) is 5.55. The largest absolute Gasteiger partial charge is 0.378 e. The summed E-state index contributed by atoms with van der Waals surface area (Å²) in [5.74, 6) is 0.197. The Bertz CT molecular complexity index is 796. The van der Waals surface area contributed by atoms with Crippen molar-refractivity contribution in [3.8, 4) is 0 Å². The molecular weight excluding hydrogens is 353 g/mol. The van der Waals surface area contributed by atoms with Gasteiger partial charge in [-0.25, -0.2) is 17.8 Å². The summed E-state index contributed by atoms with van der Waals surface area (Å²) in [5.41, 5.74) is 0.435. The van der Waals surface area contributed by atoms with Crippen molar-refractivity contribution in [1.82, 2.24) is 4.90 Å². The molecule has 2 aliphatic heterocycles. The number of piperidine rings is 1. The molecule has 0 aliphatic carbocycles. The van der Waals surface area contributed by atoms with Crippen molar-refractivity contribution in [2.45, 2.75) is 31.2 Å². The van der Waals surface area contributed by atoms with E-state index in [1.165, 1.54) is 24.0 Å². The number of nitrogens with zero attached hydrogens (tertiary/aromatic N) is 3. The zero-order chi connectivity index (χ0) is 18.6. The van der Waals surface area contributed by atoms with Crippen LogP contribution >= 0.6 is 0 Å². The predicted molar refractivity (Wildman–Crippen MR) is 103 cm³/mol.